The molecule has 1 heterocycles. The number of nitrogens with one attached hydrogen (secondary N) is 3. The highest BCUT2D eigenvalue weighted by molar-refractivity contribution is 5.92. The zero-order valence-electron chi connectivity index (χ0n) is 11.8. The van der Waals surface area contributed by atoms with Crippen LogP contribution in [0.15, 0.2) is 52.1 Å². The number of anilines is 1. The molecule has 0 aliphatic rings. The molecule has 0 aliphatic heterocycles. The average Bonchev–Trinajstić information content (AvgIpc) is 2.52. The minimum absolute atomic E-state index is 0.148. The van der Waals surface area contributed by atoms with Crippen molar-refractivity contribution in [3.05, 3.63) is 74.6 Å². The number of halogens is 1. The number of aromatic nitrogens is 2. The highest BCUT2D eigenvalue weighted by Crippen LogP contribution is 2.23. The maximum absolute atomic E-state index is 13.0. The molecule has 0 amide bonds. The average molecular weight is 299 g/mol. The highest BCUT2D eigenvalue weighted by Gasteiger charge is 2.11. The van der Waals surface area contributed by atoms with Gasteiger partial charge in [0.2, 0.25) is 0 Å². The molecule has 2 aromatic carbocycles. The number of benzene rings is 2. The Morgan fingerprint density at radius 2 is 1.68 bits per heavy atom. The number of hydrogen-bond donors (Lipinski definition) is 3. The Labute approximate surface area is 124 Å². The molecule has 0 fully saturated rings. The van der Waals surface area contributed by atoms with Crippen LogP contribution in [0.5, 0.6) is 0 Å². The Bertz CT molecular complexity index is 929. The van der Waals surface area contributed by atoms with Crippen LogP contribution in [0.1, 0.15) is 18.5 Å². The van der Waals surface area contributed by atoms with Crippen LogP contribution in [0.2, 0.25) is 0 Å². The molecule has 1 aromatic heterocycles. The van der Waals surface area contributed by atoms with Gasteiger partial charge in [0.1, 0.15) is 5.82 Å². The van der Waals surface area contributed by atoms with Crippen LogP contribution in [0, 0.1) is 5.82 Å². The van der Waals surface area contributed by atoms with Gasteiger partial charge in [-0.3, -0.25) is 19.8 Å². The Hall–Kier alpha value is -2.89. The fourth-order valence-electron chi connectivity index (χ4n) is 2.42. The van der Waals surface area contributed by atoms with Crippen LogP contribution in [-0.4, -0.2) is 10.2 Å². The first-order valence-electron chi connectivity index (χ1n) is 6.82. The van der Waals surface area contributed by atoms with Crippen molar-refractivity contribution < 1.29 is 4.39 Å². The second kappa shape index (κ2) is 5.48. The first kappa shape index (κ1) is 14.1. The van der Waals surface area contributed by atoms with Crippen molar-refractivity contribution in [2.75, 3.05) is 5.32 Å². The van der Waals surface area contributed by atoms with Crippen LogP contribution >= 0.6 is 0 Å². The van der Waals surface area contributed by atoms with Crippen molar-refractivity contribution >= 4 is 16.5 Å². The van der Waals surface area contributed by atoms with Crippen LogP contribution in [-0.2, 0) is 0 Å². The molecule has 112 valence electrons. The number of rotatable bonds is 3. The van der Waals surface area contributed by atoms with Crippen LogP contribution in [0.25, 0.3) is 10.8 Å². The topological polar surface area (TPSA) is 77.8 Å². The van der Waals surface area contributed by atoms with Gasteiger partial charge < -0.3 is 5.32 Å². The highest BCUT2D eigenvalue weighted by atomic mass is 19.1. The van der Waals surface area contributed by atoms with E-state index in [1.165, 1.54) is 12.1 Å². The second-order valence-electron chi connectivity index (χ2n) is 5.05. The molecule has 6 heteroatoms. The Kier molecular flexibility index (Phi) is 3.50. The molecule has 0 saturated carbocycles. The summed E-state index contributed by atoms with van der Waals surface area (Å²) < 4.78 is 13.0. The van der Waals surface area contributed by atoms with Crippen molar-refractivity contribution in [1.29, 1.82) is 0 Å². The molecule has 3 rings (SSSR count). The van der Waals surface area contributed by atoms with Crippen LogP contribution in [0.3, 0.4) is 0 Å². The largest absolute Gasteiger partial charge is 0.378 e. The predicted octanol–water partition coefficient (Wildman–Crippen LogP) is 2.53. The van der Waals surface area contributed by atoms with Gasteiger partial charge >= 0.3 is 0 Å². The monoisotopic (exact) mass is 299 g/mol. The first-order valence-corrected chi connectivity index (χ1v) is 6.82. The molecule has 3 N–H and O–H groups in total. The summed E-state index contributed by atoms with van der Waals surface area (Å²) >= 11 is 0. The Balaban J connectivity index is 2.04. The zero-order chi connectivity index (χ0) is 15.7. The Morgan fingerprint density at radius 3 is 2.41 bits per heavy atom. The van der Waals surface area contributed by atoms with Gasteiger partial charge in [0.25, 0.3) is 11.1 Å². The van der Waals surface area contributed by atoms with E-state index in [2.05, 4.69) is 15.5 Å². The van der Waals surface area contributed by atoms with Crippen LogP contribution < -0.4 is 16.4 Å². The van der Waals surface area contributed by atoms with Gasteiger partial charge in [-0.15, -0.1) is 0 Å². The second-order valence-corrected chi connectivity index (χ2v) is 5.05. The van der Waals surface area contributed by atoms with Gasteiger partial charge in [-0.05, 0) is 36.8 Å². The third kappa shape index (κ3) is 2.50. The summed E-state index contributed by atoms with van der Waals surface area (Å²) in [6, 6.07) is 11.0. The predicted molar refractivity (Wildman–Crippen MR) is 83.6 cm³/mol. The molecule has 3 aromatic rings. The smallest absolute Gasteiger partial charge is 0.272 e. The minimum atomic E-state index is -0.371. The quantitative estimate of drug-likeness (QED) is 0.695. The standard InChI is InChI=1S/C16H14FN3O2/c1-9(10-5-7-11(17)8-6-10)18-13-4-2-3-12-14(13)16(22)20-19-15(12)21/h2-9,18H,1H3,(H,19,21)(H,20,22). The lowest BCUT2D eigenvalue weighted by Gasteiger charge is -2.16. The van der Waals surface area contributed by atoms with E-state index in [9.17, 15) is 14.0 Å². The maximum Gasteiger partial charge on any atom is 0.272 e. The lowest BCUT2D eigenvalue weighted by atomic mass is 10.1. The molecule has 0 bridgehead atoms. The van der Waals surface area contributed by atoms with E-state index in [1.54, 1.807) is 30.3 Å². The van der Waals surface area contributed by atoms with Gasteiger partial charge in [0.05, 0.1) is 10.8 Å². The van der Waals surface area contributed by atoms with Crippen LogP contribution in [0.4, 0.5) is 10.1 Å². The minimum Gasteiger partial charge on any atom is -0.378 e. The van der Waals surface area contributed by atoms with Crippen molar-refractivity contribution in [2.45, 2.75) is 13.0 Å². The van der Waals surface area contributed by atoms with Crippen molar-refractivity contribution in [3.63, 3.8) is 0 Å². The Morgan fingerprint density at radius 1 is 1.00 bits per heavy atom. The zero-order valence-corrected chi connectivity index (χ0v) is 11.8. The van der Waals surface area contributed by atoms with E-state index in [0.717, 1.165) is 5.56 Å². The number of H-pyrrole nitrogens is 2. The molecule has 0 aliphatic carbocycles. The normalized spacial score (nSPS) is 12.3. The summed E-state index contributed by atoms with van der Waals surface area (Å²) in [6.07, 6.45) is 0. The van der Waals surface area contributed by atoms with E-state index in [1.807, 2.05) is 6.92 Å². The number of fused-ring (bicyclic) bond motifs is 1. The molecular formula is C16H14FN3O2. The first-order chi connectivity index (χ1) is 10.6. The summed E-state index contributed by atoms with van der Waals surface area (Å²) in [5.41, 5.74) is 0.707. The van der Waals surface area contributed by atoms with Crippen molar-refractivity contribution in [1.82, 2.24) is 10.2 Å². The number of hydrogen-bond acceptors (Lipinski definition) is 3. The van der Waals surface area contributed by atoms with Gasteiger partial charge in [0, 0.05) is 11.7 Å². The maximum atomic E-state index is 13.0. The van der Waals surface area contributed by atoms with Gasteiger partial charge in [-0.1, -0.05) is 18.2 Å². The van der Waals surface area contributed by atoms with Crippen molar-refractivity contribution in [3.8, 4) is 0 Å². The van der Waals surface area contributed by atoms with E-state index >= 15 is 0 Å². The summed E-state index contributed by atoms with van der Waals surface area (Å²) in [6.45, 7) is 1.90. The molecular weight excluding hydrogens is 285 g/mol. The molecule has 0 radical (unpaired) electrons. The molecule has 5 nitrogen and oxygen atoms in total. The SMILES string of the molecule is CC(Nc1cccc2c(=O)[nH][nH]c(=O)c12)c1ccc(F)cc1. The molecule has 1 unspecified atom stereocenters. The summed E-state index contributed by atoms with van der Waals surface area (Å²) in [7, 11) is 0. The molecule has 0 spiro atoms. The lowest BCUT2D eigenvalue weighted by Crippen LogP contribution is -2.20. The van der Waals surface area contributed by atoms with E-state index in [4.69, 9.17) is 0 Å². The molecule has 1 atom stereocenters. The van der Waals surface area contributed by atoms with Gasteiger partial charge in [-0.2, -0.15) is 0 Å². The summed E-state index contributed by atoms with van der Waals surface area (Å²) in [4.78, 5) is 23.8. The summed E-state index contributed by atoms with van der Waals surface area (Å²) in [5.74, 6) is -0.302. The lowest BCUT2D eigenvalue weighted by molar-refractivity contribution is 0.626. The van der Waals surface area contributed by atoms with E-state index < -0.39 is 0 Å². The summed E-state index contributed by atoms with van der Waals surface area (Å²) in [5, 5.41) is 8.44. The molecule has 0 saturated heterocycles. The fraction of sp³-hybridized carbons (Fsp3) is 0.125. The fourth-order valence-corrected chi connectivity index (χ4v) is 2.42. The van der Waals surface area contributed by atoms with Gasteiger partial charge in [-0.25, -0.2) is 4.39 Å². The van der Waals surface area contributed by atoms with Crippen molar-refractivity contribution in [2.24, 2.45) is 0 Å². The number of aromatic amines is 2. The molecule has 22 heavy (non-hydrogen) atoms. The van der Waals surface area contributed by atoms with E-state index in [-0.39, 0.29) is 23.0 Å². The van der Waals surface area contributed by atoms with Gasteiger partial charge in [0.15, 0.2) is 0 Å². The third-order valence-electron chi connectivity index (χ3n) is 3.57. The third-order valence-corrected chi connectivity index (χ3v) is 3.57. The van der Waals surface area contributed by atoms with E-state index in [0.29, 0.717) is 16.5 Å².